The van der Waals surface area contributed by atoms with Crippen molar-refractivity contribution < 1.29 is 37.6 Å². The first-order valence-electron chi connectivity index (χ1n) is 7.46. The normalized spacial score (nSPS) is 11.5. The Labute approximate surface area is 146 Å². The number of phosphoric ester groups is 1. The molecule has 2 heterocycles. The van der Waals surface area contributed by atoms with Gasteiger partial charge < -0.3 is 18.7 Å². The van der Waals surface area contributed by atoms with Crippen LogP contribution in [-0.2, 0) is 20.5 Å². The monoisotopic (exact) mass is 379 g/mol. The van der Waals surface area contributed by atoms with Gasteiger partial charge in [-0.2, -0.15) is 0 Å². The van der Waals surface area contributed by atoms with Crippen LogP contribution >= 0.6 is 7.82 Å². The van der Waals surface area contributed by atoms with Crippen LogP contribution in [0.5, 0.6) is 5.75 Å². The van der Waals surface area contributed by atoms with Crippen molar-refractivity contribution in [3.8, 4) is 5.75 Å². The highest BCUT2D eigenvalue weighted by atomic mass is 31.2. The van der Waals surface area contributed by atoms with Gasteiger partial charge in [-0.25, -0.2) is 9.36 Å². The lowest BCUT2D eigenvalue weighted by Crippen LogP contribution is -2.13. The third kappa shape index (κ3) is 4.40. The Morgan fingerprint density at radius 2 is 1.96 bits per heavy atom. The quantitative estimate of drug-likeness (QED) is 0.337. The highest BCUT2D eigenvalue weighted by Crippen LogP contribution is 2.39. The van der Waals surface area contributed by atoms with Crippen LogP contribution in [0.1, 0.15) is 22.5 Å². The van der Waals surface area contributed by atoms with Gasteiger partial charge in [0.05, 0.1) is 18.2 Å². The Balaban J connectivity index is 1.60. The molecule has 0 fully saturated rings. The largest absolute Gasteiger partial charge is 0.524 e. The second kappa shape index (κ2) is 7.17. The molecule has 0 saturated heterocycles. The number of hydrogen-bond acceptors (Lipinski definition) is 6. The number of rotatable bonds is 6. The number of aromatic amines is 1. The van der Waals surface area contributed by atoms with Gasteiger partial charge >= 0.3 is 19.8 Å². The lowest BCUT2D eigenvalue weighted by molar-refractivity contribution is -0.137. The molecule has 3 aromatic rings. The molecule has 0 saturated carbocycles. The van der Waals surface area contributed by atoms with Crippen LogP contribution in [0.4, 0.5) is 0 Å². The lowest BCUT2D eigenvalue weighted by Gasteiger charge is -2.11. The summed E-state index contributed by atoms with van der Waals surface area (Å²) >= 11 is 0. The summed E-state index contributed by atoms with van der Waals surface area (Å²) in [6.45, 7) is 0. The standard InChI is InChI=1S/C16H14NO8P/c18-15(24-16(19)12-9-14-11(17-12)7-8-23-14)6-5-10-3-1-2-4-13(10)25-26(20,21)22/h1-4,7-9,17H,5-6H2,(H2,20,21,22). The molecule has 2 aromatic heterocycles. The first kappa shape index (κ1) is 17.9. The van der Waals surface area contributed by atoms with Crippen LogP contribution in [-0.4, -0.2) is 26.7 Å². The average molecular weight is 379 g/mol. The maximum atomic E-state index is 11.9. The summed E-state index contributed by atoms with van der Waals surface area (Å²) in [6.07, 6.45) is 1.36. The van der Waals surface area contributed by atoms with Crippen LogP contribution in [0.3, 0.4) is 0 Å². The fourth-order valence-electron chi connectivity index (χ4n) is 2.33. The molecule has 0 amide bonds. The highest BCUT2D eigenvalue weighted by Gasteiger charge is 2.20. The molecule has 0 aliphatic rings. The van der Waals surface area contributed by atoms with E-state index in [-0.39, 0.29) is 24.3 Å². The van der Waals surface area contributed by atoms with Crippen molar-refractivity contribution in [2.75, 3.05) is 0 Å². The molecule has 136 valence electrons. The Hall–Kier alpha value is -2.87. The van der Waals surface area contributed by atoms with Crippen molar-refractivity contribution in [2.24, 2.45) is 0 Å². The number of esters is 2. The van der Waals surface area contributed by atoms with E-state index in [9.17, 15) is 14.2 Å². The summed E-state index contributed by atoms with van der Waals surface area (Å²) in [7, 11) is -4.72. The summed E-state index contributed by atoms with van der Waals surface area (Å²) in [4.78, 5) is 44.4. The molecule has 3 rings (SSSR count). The average Bonchev–Trinajstić information content (AvgIpc) is 3.14. The molecule has 3 N–H and O–H groups in total. The van der Waals surface area contributed by atoms with E-state index in [0.29, 0.717) is 16.7 Å². The number of aryl methyl sites for hydroxylation is 1. The minimum absolute atomic E-state index is 0.0373. The molecule has 0 unspecified atom stereocenters. The Kier molecular flexibility index (Phi) is 4.94. The molecular formula is C16H14NO8P. The predicted molar refractivity (Wildman–Crippen MR) is 88.4 cm³/mol. The van der Waals surface area contributed by atoms with Gasteiger partial charge in [0.1, 0.15) is 11.4 Å². The summed E-state index contributed by atoms with van der Waals surface area (Å²) in [5.41, 5.74) is 1.55. The zero-order valence-electron chi connectivity index (χ0n) is 13.2. The lowest BCUT2D eigenvalue weighted by atomic mass is 10.1. The number of furan rings is 1. The van der Waals surface area contributed by atoms with Crippen molar-refractivity contribution in [2.45, 2.75) is 12.8 Å². The smallest absolute Gasteiger partial charge is 0.463 e. The number of benzene rings is 1. The van der Waals surface area contributed by atoms with Gasteiger partial charge in [-0.05, 0) is 18.1 Å². The van der Waals surface area contributed by atoms with E-state index >= 15 is 0 Å². The van der Waals surface area contributed by atoms with E-state index in [4.69, 9.17) is 18.9 Å². The summed E-state index contributed by atoms with van der Waals surface area (Å²) in [5, 5.41) is 0. The number of aromatic nitrogens is 1. The number of nitrogens with one attached hydrogen (secondary N) is 1. The SMILES string of the molecule is O=C(CCc1ccccc1OP(=O)(O)O)OC(=O)c1cc2occc2[nH]1. The van der Waals surface area contributed by atoms with E-state index in [1.165, 1.54) is 24.5 Å². The van der Waals surface area contributed by atoms with Gasteiger partial charge in [-0.1, -0.05) is 18.2 Å². The first-order chi connectivity index (χ1) is 12.3. The van der Waals surface area contributed by atoms with Gasteiger partial charge in [0, 0.05) is 12.1 Å². The van der Waals surface area contributed by atoms with E-state index in [1.807, 2.05) is 0 Å². The number of carbonyl (C=O) groups excluding carboxylic acids is 2. The van der Waals surface area contributed by atoms with Crippen molar-refractivity contribution >= 4 is 30.9 Å². The van der Waals surface area contributed by atoms with Crippen molar-refractivity contribution in [1.82, 2.24) is 4.98 Å². The molecule has 0 aliphatic carbocycles. The molecule has 0 aliphatic heterocycles. The molecule has 10 heteroatoms. The topological polar surface area (TPSA) is 139 Å². The third-order valence-electron chi connectivity index (χ3n) is 3.45. The van der Waals surface area contributed by atoms with Crippen LogP contribution < -0.4 is 4.52 Å². The van der Waals surface area contributed by atoms with Crippen molar-refractivity contribution in [3.05, 3.63) is 53.9 Å². The molecule has 0 radical (unpaired) electrons. The van der Waals surface area contributed by atoms with Crippen molar-refractivity contribution in [3.63, 3.8) is 0 Å². The number of ether oxygens (including phenoxy) is 1. The molecule has 0 bridgehead atoms. The zero-order valence-corrected chi connectivity index (χ0v) is 14.1. The maximum Gasteiger partial charge on any atom is 0.524 e. The Morgan fingerprint density at radius 1 is 1.19 bits per heavy atom. The Bertz CT molecular complexity index is 970. The second-order valence-electron chi connectivity index (χ2n) is 5.33. The summed E-state index contributed by atoms with van der Waals surface area (Å²) < 4.78 is 25.4. The Morgan fingerprint density at radius 3 is 2.69 bits per heavy atom. The minimum atomic E-state index is -4.72. The third-order valence-corrected chi connectivity index (χ3v) is 3.89. The van der Waals surface area contributed by atoms with E-state index in [0.717, 1.165) is 0 Å². The maximum absolute atomic E-state index is 11.9. The van der Waals surface area contributed by atoms with Crippen LogP contribution in [0.15, 0.2) is 47.1 Å². The molecular weight excluding hydrogens is 365 g/mol. The number of para-hydroxylation sites is 1. The van der Waals surface area contributed by atoms with Crippen LogP contribution in [0.2, 0.25) is 0 Å². The molecule has 26 heavy (non-hydrogen) atoms. The number of phosphoric acid groups is 1. The van der Waals surface area contributed by atoms with Gasteiger partial charge in [0.2, 0.25) is 0 Å². The van der Waals surface area contributed by atoms with Gasteiger partial charge in [-0.3, -0.25) is 14.6 Å². The van der Waals surface area contributed by atoms with Gasteiger partial charge in [0.15, 0.2) is 5.58 Å². The van der Waals surface area contributed by atoms with Crippen LogP contribution in [0, 0.1) is 0 Å². The van der Waals surface area contributed by atoms with Crippen LogP contribution in [0.25, 0.3) is 11.1 Å². The number of fused-ring (bicyclic) bond motifs is 1. The summed E-state index contributed by atoms with van der Waals surface area (Å²) in [6, 6.07) is 9.15. The van der Waals surface area contributed by atoms with Gasteiger partial charge in [0.25, 0.3) is 0 Å². The fraction of sp³-hybridized carbons (Fsp3) is 0.125. The van der Waals surface area contributed by atoms with Gasteiger partial charge in [-0.15, -0.1) is 0 Å². The second-order valence-corrected chi connectivity index (χ2v) is 6.50. The molecule has 9 nitrogen and oxygen atoms in total. The van der Waals surface area contributed by atoms with E-state index < -0.39 is 19.8 Å². The number of hydrogen-bond donors (Lipinski definition) is 3. The van der Waals surface area contributed by atoms with E-state index in [1.54, 1.807) is 18.2 Å². The first-order valence-corrected chi connectivity index (χ1v) is 8.99. The summed E-state index contributed by atoms with van der Waals surface area (Å²) in [5.74, 6) is -1.67. The molecule has 1 aromatic carbocycles. The number of H-pyrrole nitrogens is 1. The number of carbonyl (C=O) groups is 2. The zero-order chi connectivity index (χ0) is 18.7. The molecule has 0 atom stereocenters. The van der Waals surface area contributed by atoms with E-state index in [2.05, 4.69) is 9.51 Å². The highest BCUT2D eigenvalue weighted by molar-refractivity contribution is 7.46. The van der Waals surface area contributed by atoms with Crippen molar-refractivity contribution in [1.29, 1.82) is 0 Å². The molecule has 0 spiro atoms. The minimum Gasteiger partial charge on any atom is -0.463 e. The fourth-order valence-corrected chi connectivity index (χ4v) is 2.77. The predicted octanol–water partition coefficient (Wildman–Crippen LogP) is 2.55.